The number of hydrogen-bond acceptors (Lipinski definition) is 2. The van der Waals surface area contributed by atoms with Crippen molar-refractivity contribution in [3.05, 3.63) is 114 Å². The Balaban J connectivity index is 2.03. The molecule has 0 atom stereocenters. The van der Waals surface area contributed by atoms with Gasteiger partial charge in [-0.05, 0) is 74.9 Å². The van der Waals surface area contributed by atoms with Gasteiger partial charge in [0.25, 0.3) is 0 Å². The minimum atomic E-state index is 0.979. The van der Waals surface area contributed by atoms with E-state index in [1.54, 1.807) is 0 Å². The minimum Gasteiger partial charge on any atom is -0.311 e. The second kappa shape index (κ2) is 10.2. The van der Waals surface area contributed by atoms with Crippen LogP contribution in [-0.4, -0.2) is 6.72 Å². The summed E-state index contributed by atoms with van der Waals surface area (Å²) >= 11 is 0. The highest BCUT2D eigenvalue weighted by Gasteiger charge is 2.14. The zero-order valence-electron chi connectivity index (χ0n) is 17.1. The summed E-state index contributed by atoms with van der Waals surface area (Å²) in [6.07, 6.45) is 15.8. The Morgan fingerprint density at radius 2 is 1.76 bits per heavy atom. The van der Waals surface area contributed by atoms with Crippen LogP contribution < -0.4 is 4.90 Å². The highest BCUT2D eigenvalue weighted by Crippen LogP contribution is 2.33. The first-order valence-corrected chi connectivity index (χ1v) is 10.1. The van der Waals surface area contributed by atoms with Crippen molar-refractivity contribution < 1.29 is 0 Å². The van der Waals surface area contributed by atoms with E-state index < -0.39 is 0 Å². The number of benzene rings is 2. The molecule has 0 aromatic heterocycles. The molecule has 0 unspecified atom stereocenters. The smallest absolute Gasteiger partial charge is 0.0726 e. The molecule has 0 radical (unpaired) electrons. The molecule has 0 spiro atoms. The fraction of sp³-hybridized carbons (Fsp3) is 0.148. The Kier molecular flexibility index (Phi) is 7.18. The van der Waals surface area contributed by atoms with Gasteiger partial charge in [0.1, 0.15) is 0 Å². The molecule has 2 nitrogen and oxygen atoms in total. The van der Waals surface area contributed by atoms with E-state index in [2.05, 4.69) is 77.8 Å². The van der Waals surface area contributed by atoms with Crippen molar-refractivity contribution in [3.63, 3.8) is 0 Å². The lowest BCUT2D eigenvalue weighted by atomic mass is 9.97. The van der Waals surface area contributed by atoms with E-state index >= 15 is 0 Å². The number of allylic oxidation sites excluding steroid dienone is 7. The summed E-state index contributed by atoms with van der Waals surface area (Å²) < 4.78 is 0. The van der Waals surface area contributed by atoms with Crippen LogP contribution in [0.15, 0.2) is 114 Å². The topological polar surface area (TPSA) is 15.6 Å². The van der Waals surface area contributed by atoms with Crippen molar-refractivity contribution in [2.24, 2.45) is 4.99 Å². The van der Waals surface area contributed by atoms with Crippen LogP contribution in [0.25, 0.3) is 5.70 Å². The Morgan fingerprint density at radius 1 is 1.03 bits per heavy atom. The Hall–Kier alpha value is -3.39. The van der Waals surface area contributed by atoms with Crippen molar-refractivity contribution in [2.45, 2.75) is 26.2 Å². The third-order valence-electron chi connectivity index (χ3n) is 4.94. The standard InChI is InChI=1S/C27H28N2/c1-4-6-15-24(5-2)29(25-16-11-8-12-17-25)26-20-18-23(19-21-26)27(28-3)22-13-9-7-10-14-22/h4-6,8-9,11-13,15-21H,2-3,7,10,14H2,1H3/b6-4-,24-15+,27-22-. The van der Waals surface area contributed by atoms with Gasteiger partial charge >= 0.3 is 0 Å². The van der Waals surface area contributed by atoms with Crippen LogP contribution in [0.2, 0.25) is 0 Å². The van der Waals surface area contributed by atoms with E-state index in [9.17, 15) is 0 Å². The van der Waals surface area contributed by atoms with E-state index in [0.717, 1.165) is 41.2 Å². The van der Waals surface area contributed by atoms with Gasteiger partial charge < -0.3 is 4.90 Å². The number of aliphatic imine (C=N–C) groups is 1. The predicted octanol–water partition coefficient (Wildman–Crippen LogP) is 7.62. The van der Waals surface area contributed by atoms with Crippen LogP contribution in [0, 0.1) is 0 Å². The van der Waals surface area contributed by atoms with Crippen LogP contribution >= 0.6 is 0 Å². The van der Waals surface area contributed by atoms with Crippen LogP contribution in [0.3, 0.4) is 0 Å². The van der Waals surface area contributed by atoms with E-state index in [1.807, 2.05) is 43.4 Å². The lowest BCUT2D eigenvalue weighted by molar-refractivity contribution is 0.821. The molecule has 2 aromatic rings. The summed E-state index contributed by atoms with van der Waals surface area (Å²) in [5.41, 5.74) is 6.51. The van der Waals surface area contributed by atoms with E-state index in [-0.39, 0.29) is 0 Å². The first kappa shape index (κ1) is 20.3. The van der Waals surface area contributed by atoms with Gasteiger partial charge in [-0.25, -0.2) is 0 Å². The third-order valence-corrected chi connectivity index (χ3v) is 4.94. The summed E-state index contributed by atoms with van der Waals surface area (Å²) in [4.78, 5) is 6.53. The minimum absolute atomic E-state index is 0.979. The molecule has 0 N–H and O–H groups in total. The number of para-hydroxylation sites is 1. The average Bonchev–Trinajstić information content (AvgIpc) is 2.79. The molecule has 1 aliphatic carbocycles. The van der Waals surface area contributed by atoms with Crippen LogP contribution in [0.4, 0.5) is 11.4 Å². The van der Waals surface area contributed by atoms with Crippen LogP contribution in [0.5, 0.6) is 0 Å². The number of hydrogen-bond donors (Lipinski definition) is 0. The van der Waals surface area contributed by atoms with Crippen molar-refractivity contribution in [2.75, 3.05) is 4.90 Å². The first-order chi connectivity index (χ1) is 14.3. The summed E-state index contributed by atoms with van der Waals surface area (Å²) in [7, 11) is 0. The molecule has 0 amide bonds. The maximum Gasteiger partial charge on any atom is 0.0726 e. The fourth-order valence-corrected chi connectivity index (χ4v) is 3.52. The lowest BCUT2D eigenvalue weighted by Gasteiger charge is -2.26. The molecular weight excluding hydrogens is 352 g/mol. The molecule has 0 saturated carbocycles. The largest absolute Gasteiger partial charge is 0.311 e. The number of rotatable bonds is 7. The Labute approximate surface area is 174 Å². The van der Waals surface area contributed by atoms with E-state index in [1.165, 1.54) is 12.0 Å². The predicted molar refractivity (Wildman–Crippen MR) is 128 cm³/mol. The van der Waals surface area contributed by atoms with Gasteiger partial charge in [-0.1, -0.05) is 61.2 Å². The fourth-order valence-electron chi connectivity index (χ4n) is 3.52. The maximum absolute atomic E-state index is 4.33. The quantitative estimate of drug-likeness (QED) is 0.356. The van der Waals surface area contributed by atoms with Gasteiger partial charge in [0.2, 0.25) is 0 Å². The van der Waals surface area contributed by atoms with Gasteiger partial charge in [-0.2, -0.15) is 0 Å². The van der Waals surface area contributed by atoms with Gasteiger partial charge in [-0.3, -0.25) is 4.99 Å². The summed E-state index contributed by atoms with van der Waals surface area (Å²) in [5.74, 6) is 0. The van der Waals surface area contributed by atoms with E-state index in [4.69, 9.17) is 0 Å². The molecule has 0 aliphatic heterocycles. The highest BCUT2D eigenvalue weighted by atomic mass is 15.1. The molecule has 0 fully saturated rings. The Morgan fingerprint density at radius 3 is 2.34 bits per heavy atom. The van der Waals surface area contributed by atoms with Gasteiger partial charge in [0, 0.05) is 22.6 Å². The molecule has 1 aliphatic rings. The monoisotopic (exact) mass is 380 g/mol. The van der Waals surface area contributed by atoms with Crippen LogP contribution in [-0.2, 0) is 0 Å². The summed E-state index contributed by atoms with van der Waals surface area (Å²) in [5, 5.41) is 0. The van der Waals surface area contributed by atoms with Crippen LogP contribution in [0.1, 0.15) is 31.7 Å². The lowest BCUT2D eigenvalue weighted by Crippen LogP contribution is -2.14. The summed E-state index contributed by atoms with van der Waals surface area (Å²) in [6.45, 7) is 9.84. The average molecular weight is 381 g/mol. The van der Waals surface area contributed by atoms with Crippen molar-refractivity contribution in [3.8, 4) is 0 Å². The van der Waals surface area contributed by atoms with Gasteiger partial charge in [-0.15, -0.1) is 0 Å². The molecule has 2 aromatic carbocycles. The van der Waals surface area contributed by atoms with Gasteiger partial charge in [0.15, 0.2) is 0 Å². The second-order valence-corrected chi connectivity index (χ2v) is 6.87. The number of nitrogens with zero attached hydrogens (tertiary/aromatic N) is 2. The SMILES string of the molecule is C=C/C(=C\C=C/C)N(c1ccccc1)c1ccc(/C(N=C)=C2\C=CCCC2)cc1. The summed E-state index contributed by atoms with van der Waals surface area (Å²) in [6, 6.07) is 18.8. The van der Waals surface area contributed by atoms with Crippen molar-refractivity contribution >= 4 is 23.8 Å². The van der Waals surface area contributed by atoms with Crippen molar-refractivity contribution in [1.82, 2.24) is 0 Å². The third kappa shape index (κ3) is 4.91. The highest BCUT2D eigenvalue weighted by molar-refractivity contribution is 5.76. The second-order valence-electron chi connectivity index (χ2n) is 6.87. The molecule has 0 saturated heterocycles. The van der Waals surface area contributed by atoms with E-state index in [0.29, 0.717) is 0 Å². The molecule has 2 heteroatoms. The molecule has 29 heavy (non-hydrogen) atoms. The normalized spacial score (nSPS) is 16.0. The zero-order valence-corrected chi connectivity index (χ0v) is 17.1. The Bertz CT molecular complexity index is 957. The molecule has 0 bridgehead atoms. The van der Waals surface area contributed by atoms with Crippen molar-refractivity contribution in [1.29, 1.82) is 0 Å². The molecule has 146 valence electrons. The molecule has 3 rings (SSSR count). The zero-order chi connectivity index (χ0) is 20.5. The van der Waals surface area contributed by atoms with Gasteiger partial charge in [0.05, 0.1) is 5.70 Å². The number of anilines is 2. The molecule has 0 heterocycles. The first-order valence-electron chi connectivity index (χ1n) is 10.1. The maximum atomic E-state index is 4.33. The molecular formula is C27H28N2.